The molecule has 3 N–H and O–H groups in total. The molecule has 1 aromatic carbocycles. The normalized spacial score (nSPS) is 13.0. The van der Waals surface area contributed by atoms with Crippen molar-refractivity contribution in [3.63, 3.8) is 0 Å². The lowest BCUT2D eigenvalue weighted by Crippen LogP contribution is -2.43. The van der Waals surface area contributed by atoms with E-state index in [4.69, 9.17) is 14.9 Å². The van der Waals surface area contributed by atoms with Crippen LogP contribution in [0.15, 0.2) is 24.3 Å². The first-order valence-electron chi connectivity index (χ1n) is 5.91. The number of carboxylic acids is 1. The van der Waals surface area contributed by atoms with Gasteiger partial charge in [-0.05, 0) is 13.0 Å². The lowest BCUT2D eigenvalue weighted by molar-refractivity contribution is -0.386. The van der Waals surface area contributed by atoms with Gasteiger partial charge in [0.1, 0.15) is 6.10 Å². The molecular formula is C12H14N2O7. The zero-order valence-electron chi connectivity index (χ0n) is 11.1. The van der Waals surface area contributed by atoms with E-state index >= 15 is 0 Å². The number of hydrogen-bond acceptors (Lipinski definition) is 6. The van der Waals surface area contributed by atoms with Gasteiger partial charge in [-0.2, -0.15) is 0 Å². The van der Waals surface area contributed by atoms with Crippen LogP contribution < -0.4 is 5.32 Å². The van der Waals surface area contributed by atoms with Gasteiger partial charge in [0.15, 0.2) is 6.04 Å². The first-order valence-corrected chi connectivity index (χ1v) is 5.91. The van der Waals surface area contributed by atoms with Gasteiger partial charge in [0, 0.05) is 6.07 Å². The van der Waals surface area contributed by atoms with Crippen molar-refractivity contribution in [1.82, 2.24) is 5.32 Å². The summed E-state index contributed by atoms with van der Waals surface area (Å²) in [6.07, 6.45) is -2.05. The van der Waals surface area contributed by atoms with Gasteiger partial charge in [-0.25, -0.2) is 9.59 Å². The molecule has 9 heteroatoms. The summed E-state index contributed by atoms with van der Waals surface area (Å²) in [6, 6.07) is 4.21. The quantitative estimate of drug-likeness (QED) is 0.522. The van der Waals surface area contributed by atoms with E-state index < -0.39 is 35.7 Å². The number of para-hydroxylation sites is 1. The number of carbonyl (C=O) groups is 2. The number of carboxylic acid groups (broad SMARTS) is 1. The van der Waals surface area contributed by atoms with E-state index in [9.17, 15) is 19.7 Å². The van der Waals surface area contributed by atoms with Crippen LogP contribution in [0, 0.1) is 10.1 Å². The second-order valence-corrected chi connectivity index (χ2v) is 4.08. The number of amides is 1. The molecule has 2 atom stereocenters. The number of nitrogens with one attached hydrogen (secondary N) is 1. The van der Waals surface area contributed by atoms with Crippen LogP contribution in [0.5, 0.6) is 0 Å². The number of aliphatic hydroxyl groups is 1. The zero-order chi connectivity index (χ0) is 16.0. The average Bonchev–Trinajstić information content (AvgIpc) is 2.44. The number of nitro groups is 1. The van der Waals surface area contributed by atoms with E-state index in [1.54, 1.807) is 6.07 Å². The van der Waals surface area contributed by atoms with Crippen LogP contribution in [0.3, 0.4) is 0 Å². The Balaban J connectivity index is 2.77. The maximum atomic E-state index is 11.5. The molecule has 0 radical (unpaired) electrons. The number of ether oxygens (including phenoxy) is 1. The lowest BCUT2D eigenvalue weighted by Gasteiger charge is -2.16. The fraction of sp³-hybridized carbons (Fsp3) is 0.333. The molecule has 0 saturated heterocycles. The van der Waals surface area contributed by atoms with E-state index in [2.05, 4.69) is 0 Å². The van der Waals surface area contributed by atoms with Crippen molar-refractivity contribution in [2.45, 2.75) is 19.1 Å². The molecular weight excluding hydrogens is 284 g/mol. The van der Waals surface area contributed by atoms with Crippen molar-refractivity contribution in [2.75, 3.05) is 6.61 Å². The Hall–Kier alpha value is -2.68. The SMILES string of the molecule is CC(OC(=O)N[C@@H](CO)C(=O)O)c1ccccc1[N+](=O)[O-]. The molecule has 114 valence electrons. The predicted octanol–water partition coefficient (Wildman–Crippen LogP) is 0.827. The van der Waals surface area contributed by atoms with Crippen LogP contribution in [0.25, 0.3) is 0 Å². The maximum Gasteiger partial charge on any atom is 0.408 e. The first kappa shape index (κ1) is 16.4. The molecule has 0 saturated carbocycles. The van der Waals surface area contributed by atoms with Gasteiger partial charge >= 0.3 is 12.1 Å². The monoisotopic (exact) mass is 298 g/mol. The number of hydrogen-bond donors (Lipinski definition) is 3. The number of alkyl carbamates (subject to hydrolysis) is 1. The second kappa shape index (κ2) is 7.20. The van der Waals surface area contributed by atoms with Crippen LogP contribution in [0.2, 0.25) is 0 Å². The average molecular weight is 298 g/mol. The van der Waals surface area contributed by atoms with E-state index in [0.717, 1.165) is 0 Å². The Morgan fingerprint density at radius 2 is 2.05 bits per heavy atom. The van der Waals surface area contributed by atoms with E-state index in [1.807, 2.05) is 5.32 Å². The third kappa shape index (κ3) is 4.42. The molecule has 0 heterocycles. The van der Waals surface area contributed by atoms with Gasteiger partial charge in [-0.3, -0.25) is 10.1 Å². The number of nitro benzene ring substituents is 1. The fourth-order valence-corrected chi connectivity index (χ4v) is 1.58. The van der Waals surface area contributed by atoms with Crippen LogP contribution in [-0.2, 0) is 9.53 Å². The first-order chi connectivity index (χ1) is 9.86. The fourth-order valence-electron chi connectivity index (χ4n) is 1.58. The molecule has 1 unspecified atom stereocenters. The van der Waals surface area contributed by atoms with Gasteiger partial charge in [0.05, 0.1) is 17.1 Å². The number of benzene rings is 1. The Kier molecular flexibility index (Phi) is 5.61. The summed E-state index contributed by atoms with van der Waals surface area (Å²) >= 11 is 0. The molecule has 0 aromatic heterocycles. The molecule has 0 aliphatic rings. The highest BCUT2D eigenvalue weighted by atomic mass is 16.6. The Morgan fingerprint density at radius 1 is 1.43 bits per heavy atom. The predicted molar refractivity (Wildman–Crippen MR) is 69.6 cm³/mol. The lowest BCUT2D eigenvalue weighted by atomic mass is 10.1. The van der Waals surface area contributed by atoms with Gasteiger partial charge in [0.2, 0.25) is 0 Å². The molecule has 0 bridgehead atoms. The minimum Gasteiger partial charge on any atom is -0.480 e. The summed E-state index contributed by atoms with van der Waals surface area (Å²) in [4.78, 5) is 32.4. The molecule has 21 heavy (non-hydrogen) atoms. The van der Waals surface area contributed by atoms with E-state index in [-0.39, 0.29) is 11.3 Å². The van der Waals surface area contributed by atoms with Crippen molar-refractivity contribution in [1.29, 1.82) is 0 Å². The highest BCUT2D eigenvalue weighted by molar-refractivity contribution is 5.80. The molecule has 0 spiro atoms. The van der Waals surface area contributed by atoms with Gasteiger partial charge in [-0.15, -0.1) is 0 Å². The van der Waals surface area contributed by atoms with E-state index in [1.165, 1.54) is 25.1 Å². The number of rotatable bonds is 6. The zero-order valence-corrected chi connectivity index (χ0v) is 11.1. The number of aliphatic hydroxyl groups excluding tert-OH is 1. The van der Waals surface area contributed by atoms with Crippen molar-refractivity contribution >= 4 is 17.7 Å². The van der Waals surface area contributed by atoms with Gasteiger partial charge in [0.25, 0.3) is 5.69 Å². The molecule has 0 aliphatic heterocycles. The summed E-state index contributed by atoms with van der Waals surface area (Å²) in [5.41, 5.74) is -0.0386. The highest BCUT2D eigenvalue weighted by Crippen LogP contribution is 2.26. The van der Waals surface area contributed by atoms with Crippen molar-refractivity contribution < 1.29 is 29.5 Å². The highest BCUT2D eigenvalue weighted by Gasteiger charge is 2.24. The molecule has 1 rings (SSSR count). The second-order valence-electron chi connectivity index (χ2n) is 4.08. The smallest absolute Gasteiger partial charge is 0.408 e. The van der Waals surface area contributed by atoms with Gasteiger partial charge in [-0.1, -0.05) is 12.1 Å². The topological polar surface area (TPSA) is 139 Å². The number of aliphatic carboxylic acids is 1. The summed E-state index contributed by atoms with van der Waals surface area (Å²) in [5, 5.41) is 30.2. The Bertz CT molecular complexity index is 546. The minimum absolute atomic E-state index is 0.175. The molecule has 1 amide bonds. The third-order valence-corrected chi connectivity index (χ3v) is 2.63. The minimum atomic E-state index is -1.50. The largest absolute Gasteiger partial charge is 0.480 e. The molecule has 0 fully saturated rings. The number of carbonyl (C=O) groups excluding carboxylic acids is 1. The van der Waals surface area contributed by atoms with Crippen molar-refractivity contribution in [2.24, 2.45) is 0 Å². The Morgan fingerprint density at radius 3 is 2.57 bits per heavy atom. The van der Waals surface area contributed by atoms with E-state index in [0.29, 0.717) is 0 Å². The standard InChI is InChI=1S/C12H14N2O7/c1-7(8-4-2-3-5-10(8)14(19)20)21-12(18)13-9(6-15)11(16)17/h2-5,7,9,15H,6H2,1H3,(H,13,18)(H,16,17)/t7?,9-/m0/s1. The molecule has 9 nitrogen and oxygen atoms in total. The van der Waals surface area contributed by atoms with Crippen LogP contribution >= 0.6 is 0 Å². The molecule has 1 aromatic rings. The summed E-state index contributed by atoms with van der Waals surface area (Å²) in [5.74, 6) is -1.42. The van der Waals surface area contributed by atoms with Crippen LogP contribution in [-0.4, -0.2) is 39.8 Å². The third-order valence-electron chi connectivity index (χ3n) is 2.63. The van der Waals surface area contributed by atoms with Gasteiger partial charge < -0.3 is 20.3 Å². The number of nitrogens with zero attached hydrogens (tertiary/aromatic N) is 1. The maximum absolute atomic E-state index is 11.5. The van der Waals surface area contributed by atoms with Crippen LogP contribution in [0.1, 0.15) is 18.6 Å². The summed E-state index contributed by atoms with van der Waals surface area (Å²) in [6.45, 7) is 0.612. The summed E-state index contributed by atoms with van der Waals surface area (Å²) < 4.78 is 4.88. The summed E-state index contributed by atoms with van der Waals surface area (Å²) in [7, 11) is 0. The van der Waals surface area contributed by atoms with Crippen molar-refractivity contribution in [3.05, 3.63) is 39.9 Å². The molecule has 0 aliphatic carbocycles. The Labute approximate surface area is 119 Å². The van der Waals surface area contributed by atoms with Crippen LogP contribution in [0.4, 0.5) is 10.5 Å². The van der Waals surface area contributed by atoms with Crippen molar-refractivity contribution in [3.8, 4) is 0 Å².